The minimum Gasteiger partial charge on any atom is -0.508 e. The van der Waals surface area contributed by atoms with Gasteiger partial charge in [0, 0.05) is 12.5 Å². The first kappa shape index (κ1) is 33.7. The van der Waals surface area contributed by atoms with Crippen molar-refractivity contribution < 1.29 is 24.5 Å². The van der Waals surface area contributed by atoms with E-state index >= 15 is 0 Å². The number of aromatic hydroxyl groups is 1. The van der Waals surface area contributed by atoms with E-state index in [0.29, 0.717) is 19.4 Å². The highest BCUT2D eigenvalue weighted by molar-refractivity contribution is 5.78. The Labute approximate surface area is 231 Å². The Hall–Kier alpha value is -2.28. The van der Waals surface area contributed by atoms with Gasteiger partial charge in [0.2, 0.25) is 5.91 Å². The third-order valence-electron chi connectivity index (χ3n) is 6.91. The summed E-state index contributed by atoms with van der Waals surface area (Å²) in [4.78, 5) is 25.2. The molecule has 0 saturated heterocycles. The largest absolute Gasteiger partial charge is 0.508 e. The van der Waals surface area contributed by atoms with Crippen molar-refractivity contribution in [1.29, 1.82) is 0 Å². The average molecular weight is 535 g/mol. The second kappa shape index (κ2) is 14.8. The van der Waals surface area contributed by atoms with Crippen LogP contribution in [0.25, 0.3) is 0 Å². The number of unbranched alkanes of at least 4 members (excludes halogenated alkanes) is 1. The molecule has 0 aliphatic rings. The van der Waals surface area contributed by atoms with E-state index in [1.807, 2.05) is 18.2 Å². The molecule has 218 valence electrons. The van der Waals surface area contributed by atoms with Gasteiger partial charge in [-0.05, 0) is 80.9 Å². The number of phenols is 1. The number of nitrogens with one attached hydrogen (secondary N) is 2. The molecule has 7 nitrogen and oxygen atoms in total. The van der Waals surface area contributed by atoms with Crippen molar-refractivity contribution in [2.24, 2.45) is 17.8 Å². The Morgan fingerprint density at radius 3 is 2.16 bits per heavy atom. The SMILES string of the molecule is CCCCNC(=O)C(C)C[C@H](O)[C@H](C[C@H](Cc1ccc(C(C)(C)C)c(O)c1)C(C)C)NC(=O)OC(C)(C)C. The van der Waals surface area contributed by atoms with Crippen LogP contribution in [0.2, 0.25) is 0 Å². The molecule has 0 aliphatic heterocycles. The highest BCUT2D eigenvalue weighted by atomic mass is 16.6. The molecule has 0 spiro atoms. The summed E-state index contributed by atoms with van der Waals surface area (Å²) in [6.45, 7) is 20.3. The lowest BCUT2D eigenvalue weighted by molar-refractivity contribution is -0.125. The zero-order valence-electron chi connectivity index (χ0n) is 25.5. The number of carbonyl (C=O) groups excluding carboxylic acids is 2. The van der Waals surface area contributed by atoms with Crippen molar-refractivity contribution in [1.82, 2.24) is 10.6 Å². The third kappa shape index (κ3) is 12.1. The molecule has 0 aromatic heterocycles. The van der Waals surface area contributed by atoms with E-state index < -0.39 is 29.8 Å². The van der Waals surface area contributed by atoms with Gasteiger partial charge in [-0.15, -0.1) is 0 Å². The molecule has 38 heavy (non-hydrogen) atoms. The van der Waals surface area contributed by atoms with E-state index in [0.717, 1.165) is 24.0 Å². The van der Waals surface area contributed by atoms with E-state index in [9.17, 15) is 19.8 Å². The Morgan fingerprint density at radius 2 is 1.66 bits per heavy atom. The number of rotatable bonds is 13. The maximum atomic E-state index is 12.7. The Morgan fingerprint density at radius 1 is 1.03 bits per heavy atom. The molecule has 0 fully saturated rings. The Balaban J connectivity index is 3.10. The predicted octanol–water partition coefficient (Wildman–Crippen LogP) is 6.09. The second-order valence-corrected chi connectivity index (χ2v) is 13.1. The van der Waals surface area contributed by atoms with Gasteiger partial charge in [0.25, 0.3) is 0 Å². The number of benzene rings is 1. The standard InChI is InChI=1S/C31H54N2O5/c1-11-12-15-32-28(36)21(4)16-27(35)25(33-29(37)38-31(8,9)10)19-23(20(2)3)17-22-13-14-24(26(34)18-22)30(5,6)7/h13-14,18,20-21,23,25,27,34-35H,11-12,15-17,19H2,1-10H3,(H,32,36)(H,33,37)/t21?,23-,25-,27-/m0/s1. The van der Waals surface area contributed by atoms with Crippen LogP contribution in [0.15, 0.2) is 18.2 Å². The Bertz CT molecular complexity index is 885. The van der Waals surface area contributed by atoms with Gasteiger partial charge >= 0.3 is 6.09 Å². The van der Waals surface area contributed by atoms with Crippen LogP contribution in [-0.4, -0.2) is 46.5 Å². The molecule has 7 heteroatoms. The van der Waals surface area contributed by atoms with E-state index in [1.165, 1.54) is 0 Å². The van der Waals surface area contributed by atoms with Gasteiger partial charge in [0.15, 0.2) is 0 Å². The number of phenolic OH excluding ortho intramolecular Hbond substituents is 1. The van der Waals surface area contributed by atoms with Crippen LogP contribution >= 0.6 is 0 Å². The van der Waals surface area contributed by atoms with Gasteiger partial charge in [-0.1, -0.05) is 67.0 Å². The van der Waals surface area contributed by atoms with E-state index in [1.54, 1.807) is 27.7 Å². The third-order valence-corrected chi connectivity index (χ3v) is 6.91. The van der Waals surface area contributed by atoms with Gasteiger partial charge < -0.3 is 25.6 Å². The number of aliphatic hydroxyl groups is 1. The minimum absolute atomic E-state index is 0.0941. The zero-order valence-corrected chi connectivity index (χ0v) is 25.5. The quantitative estimate of drug-likeness (QED) is 0.229. The molecule has 0 bridgehead atoms. The van der Waals surface area contributed by atoms with Crippen LogP contribution < -0.4 is 10.6 Å². The van der Waals surface area contributed by atoms with Crippen molar-refractivity contribution in [3.63, 3.8) is 0 Å². The monoisotopic (exact) mass is 534 g/mol. The minimum atomic E-state index is -0.924. The smallest absolute Gasteiger partial charge is 0.407 e. The Kier molecular flexibility index (Phi) is 13.1. The molecular formula is C31H54N2O5. The lowest BCUT2D eigenvalue weighted by atomic mass is 9.80. The van der Waals surface area contributed by atoms with Crippen LogP contribution in [0.1, 0.15) is 106 Å². The normalized spacial score (nSPS) is 15.5. The fraction of sp³-hybridized carbons (Fsp3) is 0.742. The van der Waals surface area contributed by atoms with Crippen molar-refractivity contribution >= 4 is 12.0 Å². The summed E-state index contributed by atoms with van der Waals surface area (Å²) >= 11 is 0. The van der Waals surface area contributed by atoms with Crippen LogP contribution in [-0.2, 0) is 21.4 Å². The van der Waals surface area contributed by atoms with Gasteiger partial charge in [-0.2, -0.15) is 0 Å². The highest BCUT2D eigenvalue weighted by Gasteiger charge is 2.31. The van der Waals surface area contributed by atoms with Crippen molar-refractivity contribution in [2.75, 3.05) is 6.54 Å². The number of ether oxygens (including phenoxy) is 1. The summed E-state index contributed by atoms with van der Waals surface area (Å²) in [5.41, 5.74) is 1.07. The molecule has 4 N–H and O–H groups in total. The van der Waals surface area contributed by atoms with E-state index in [-0.39, 0.29) is 35.3 Å². The first-order valence-electron chi connectivity index (χ1n) is 14.2. The summed E-state index contributed by atoms with van der Waals surface area (Å²) < 4.78 is 5.48. The molecule has 1 unspecified atom stereocenters. The molecule has 0 heterocycles. The number of aliphatic hydroxyl groups excluding tert-OH is 1. The highest BCUT2D eigenvalue weighted by Crippen LogP contribution is 2.33. The predicted molar refractivity (Wildman–Crippen MR) is 154 cm³/mol. The first-order chi connectivity index (χ1) is 17.4. The van der Waals surface area contributed by atoms with Gasteiger partial charge in [0.05, 0.1) is 12.1 Å². The number of alkyl carbamates (subject to hydrolysis) is 1. The van der Waals surface area contributed by atoms with Crippen LogP contribution in [0.3, 0.4) is 0 Å². The summed E-state index contributed by atoms with van der Waals surface area (Å²) in [5, 5.41) is 27.7. The van der Waals surface area contributed by atoms with E-state index in [4.69, 9.17) is 4.74 Å². The zero-order chi connectivity index (χ0) is 29.3. The van der Waals surface area contributed by atoms with E-state index in [2.05, 4.69) is 52.2 Å². The molecule has 1 aromatic rings. The summed E-state index contributed by atoms with van der Waals surface area (Å²) in [5.74, 6) is 0.152. The second-order valence-electron chi connectivity index (χ2n) is 13.1. The molecule has 2 amide bonds. The maximum absolute atomic E-state index is 12.7. The van der Waals surface area contributed by atoms with Crippen molar-refractivity contribution in [3.8, 4) is 5.75 Å². The number of hydrogen-bond acceptors (Lipinski definition) is 5. The fourth-order valence-corrected chi connectivity index (χ4v) is 4.53. The number of carbonyl (C=O) groups is 2. The van der Waals surface area contributed by atoms with Crippen LogP contribution in [0.5, 0.6) is 5.75 Å². The lowest BCUT2D eigenvalue weighted by Gasteiger charge is -2.32. The van der Waals surface area contributed by atoms with Gasteiger partial charge in [-0.25, -0.2) is 4.79 Å². The summed E-state index contributed by atoms with van der Waals surface area (Å²) in [6, 6.07) is 5.26. The first-order valence-corrected chi connectivity index (χ1v) is 14.2. The van der Waals surface area contributed by atoms with Crippen molar-refractivity contribution in [2.45, 2.75) is 125 Å². The molecule has 0 radical (unpaired) electrons. The van der Waals surface area contributed by atoms with Crippen LogP contribution in [0, 0.1) is 17.8 Å². The van der Waals surface area contributed by atoms with Gasteiger partial charge in [-0.3, -0.25) is 4.79 Å². The lowest BCUT2D eigenvalue weighted by Crippen LogP contribution is -2.48. The number of amides is 2. The molecule has 1 aromatic carbocycles. The maximum Gasteiger partial charge on any atom is 0.407 e. The molecule has 1 rings (SSSR count). The molecule has 0 saturated carbocycles. The summed E-state index contributed by atoms with van der Waals surface area (Å²) in [6.07, 6.45) is 1.80. The van der Waals surface area contributed by atoms with Gasteiger partial charge in [0.1, 0.15) is 11.4 Å². The molecule has 0 aliphatic carbocycles. The van der Waals surface area contributed by atoms with Crippen molar-refractivity contribution in [3.05, 3.63) is 29.3 Å². The fourth-order valence-electron chi connectivity index (χ4n) is 4.53. The average Bonchev–Trinajstić information content (AvgIpc) is 2.75. The molecule has 4 atom stereocenters. The van der Waals surface area contributed by atoms with Crippen LogP contribution in [0.4, 0.5) is 4.79 Å². The number of hydrogen-bond donors (Lipinski definition) is 4. The summed E-state index contributed by atoms with van der Waals surface area (Å²) in [7, 11) is 0. The molecular weight excluding hydrogens is 480 g/mol. The topological polar surface area (TPSA) is 108 Å².